The molecule has 2 bridgehead atoms. The molecule has 0 spiro atoms. The van der Waals surface area contributed by atoms with Gasteiger partial charge >= 0.3 is 0 Å². The van der Waals surface area contributed by atoms with Crippen molar-refractivity contribution >= 4 is 0 Å². The van der Waals surface area contributed by atoms with E-state index < -0.39 is 0 Å². The molecule has 2 saturated heterocycles. The summed E-state index contributed by atoms with van der Waals surface area (Å²) in [6, 6.07) is 1.68. The van der Waals surface area contributed by atoms with Crippen molar-refractivity contribution in [3.63, 3.8) is 0 Å². The summed E-state index contributed by atoms with van der Waals surface area (Å²) in [4.78, 5) is 5.28. The lowest BCUT2D eigenvalue weighted by Crippen LogP contribution is -2.53. The third-order valence-corrected chi connectivity index (χ3v) is 4.15. The number of likely N-dealkylation sites (N-methyl/N-ethyl adjacent to an activating group) is 1. The summed E-state index contributed by atoms with van der Waals surface area (Å²) in [5, 5.41) is 0. The van der Waals surface area contributed by atoms with Gasteiger partial charge in [-0.15, -0.1) is 0 Å². The van der Waals surface area contributed by atoms with Crippen molar-refractivity contribution in [2.24, 2.45) is 0 Å². The fourth-order valence-corrected chi connectivity index (χ4v) is 3.36. The molecule has 2 heteroatoms. The Morgan fingerprint density at radius 2 is 1.93 bits per heavy atom. The molecule has 2 aliphatic heterocycles. The number of likely N-dealkylation sites (tertiary alicyclic amines) is 2. The zero-order valence-corrected chi connectivity index (χ0v) is 10.1. The number of piperazine rings is 1. The summed E-state index contributed by atoms with van der Waals surface area (Å²) in [7, 11) is 2.27. The van der Waals surface area contributed by atoms with Crippen LogP contribution in [0.4, 0.5) is 0 Å². The Labute approximate surface area is 88.3 Å². The molecule has 0 aromatic carbocycles. The first-order chi connectivity index (χ1) is 6.54. The van der Waals surface area contributed by atoms with E-state index in [0.29, 0.717) is 5.54 Å². The fraction of sp³-hybridized carbons (Fsp3) is 1.00. The van der Waals surface area contributed by atoms with Crippen LogP contribution in [0.1, 0.15) is 40.0 Å². The van der Waals surface area contributed by atoms with Crippen LogP contribution in [0.25, 0.3) is 0 Å². The lowest BCUT2D eigenvalue weighted by atomic mass is 9.95. The van der Waals surface area contributed by atoms with E-state index in [1.165, 1.54) is 32.4 Å². The Morgan fingerprint density at radius 1 is 1.21 bits per heavy atom. The molecule has 0 aromatic heterocycles. The number of nitrogens with zero attached hydrogens (tertiary/aromatic N) is 2. The number of fused-ring (bicyclic) bond motifs is 2. The van der Waals surface area contributed by atoms with Crippen molar-refractivity contribution in [3.8, 4) is 0 Å². The van der Waals surface area contributed by atoms with Gasteiger partial charge in [0.1, 0.15) is 0 Å². The fourth-order valence-electron chi connectivity index (χ4n) is 3.36. The van der Waals surface area contributed by atoms with Crippen LogP contribution in [-0.4, -0.2) is 47.6 Å². The van der Waals surface area contributed by atoms with E-state index in [4.69, 9.17) is 0 Å². The minimum Gasteiger partial charge on any atom is -0.301 e. The van der Waals surface area contributed by atoms with Crippen molar-refractivity contribution in [1.82, 2.24) is 9.80 Å². The molecule has 1 unspecified atom stereocenters. The third kappa shape index (κ3) is 1.59. The number of hydrogen-bond acceptors (Lipinski definition) is 2. The second kappa shape index (κ2) is 3.49. The average Bonchev–Trinajstić information content (AvgIpc) is 2.61. The van der Waals surface area contributed by atoms with Crippen LogP contribution in [0.3, 0.4) is 0 Å². The van der Waals surface area contributed by atoms with E-state index in [9.17, 15) is 0 Å². The smallest absolute Gasteiger partial charge is 0.0244 e. The van der Waals surface area contributed by atoms with Gasteiger partial charge in [0.05, 0.1) is 0 Å². The molecule has 0 aromatic rings. The Morgan fingerprint density at radius 3 is 2.36 bits per heavy atom. The van der Waals surface area contributed by atoms with E-state index in [-0.39, 0.29) is 0 Å². The molecule has 2 aliphatic rings. The predicted molar refractivity (Wildman–Crippen MR) is 60.5 cm³/mol. The van der Waals surface area contributed by atoms with E-state index >= 15 is 0 Å². The van der Waals surface area contributed by atoms with Crippen LogP contribution in [0, 0.1) is 0 Å². The van der Waals surface area contributed by atoms with Gasteiger partial charge in [0.2, 0.25) is 0 Å². The molecule has 0 N–H and O–H groups in total. The van der Waals surface area contributed by atoms with Crippen LogP contribution >= 0.6 is 0 Å². The van der Waals surface area contributed by atoms with Crippen LogP contribution in [0.15, 0.2) is 0 Å². The Kier molecular flexibility index (Phi) is 2.61. The van der Waals surface area contributed by atoms with Crippen LogP contribution in [0.5, 0.6) is 0 Å². The van der Waals surface area contributed by atoms with Gasteiger partial charge in [0, 0.05) is 30.7 Å². The largest absolute Gasteiger partial charge is 0.301 e. The molecular formula is C12H24N2. The van der Waals surface area contributed by atoms with Crippen molar-refractivity contribution in [2.45, 2.75) is 57.7 Å². The van der Waals surface area contributed by atoms with Crippen molar-refractivity contribution < 1.29 is 0 Å². The van der Waals surface area contributed by atoms with E-state index in [2.05, 4.69) is 37.6 Å². The maximum Gasteiger partial charge on any atom is 0.0244 e. The third-order valence-electron chi connectivity index (χ3n) is 4.15. The van der Waals surface area contributed by atoms with Gasteiger partial charge in [0.25, 0.3) is 0 Å². The van der Waals surface area contributed by atoms with Crippen molar-refractivity contribution in [1.29, 1.82) is 0 Å². The van der Waals surface area contributed by atoms with Gasteiger partial charge < -0.3 is 4.90 Å². The van der Waals surface area contributed by atoms with Gasteiger partial charge in [-0.25, -0.2) is 0 Å². The summed E-state index contributed by atoms with van der Waals surface area (Å²) in [5.74, 6) is 0. The predicted octanol–water partition coefficient (Wildman–Crippen LogP) is 1.95. The standard InChI is InChI=1S/C12H24N2/c1-5-6-12(2,3)14-9-10-7-11(14)8-13(10)4/h10-11H,5-9H2,1-4H3/t10?,11-/m0/s1. The highest BCUT2D eigenvalue weighted by Gasteiger charge is 2.46. The Bertz CT molecular complexity index is 210. The molecule has 2 nitrogen and oxygen atoms in total. The second-order valence-corrected chi connectivity index (χ2v) is 5.70. The number of rotatable bonds is 3. The summed E-state index contributed by atoms with van der Waals surface area (Å²) in [6.45, 7) is 9.71. The molecule has 2 heterocycles. The molecule has 0 amide bonds. The van der Waals surface area contributed by atoms with E-state index in [1.807, 2.05) is 0 Å². The normalized spacial score (nSPS) is 34.3. The first kappa shape index (κ1) is 10.4. The zero-order chi connectivity index (χ0) is 10.3. The molecule has 82 valence electrons. The minimum absolute atomic E-state index is 0.426. The van der Waals surface area contributed by atoms with Crippen molar-refractivity contribution in [3.05, 3.63) is 0 Å². The topological polar surface area (TPSA) is 6.48 Å². The minimum atomic E-state index is 0.426. The van der Waals surface area contributed by atoms with Gasteiger partial charge in [-0.2, -0.15) is 0 Å². The molecule has 0 saturated carbocycles. The van der Waals surface area contributed by atoms with Crippen molar-refractivity contribution in [2.75, 3.05) is 20.1 Å². The first-order valence-electron chi connectivity index (χ1n) is 6.01. The molecule has 2 fully saturated rings. The van der Waals surface area contributed by atoms with Crippen LogP contribution in [-0.2, 0) is 0 Å². The molecular weight excluding hydrogens is 172 g/mol. The Hall–Kier alpha value is -0.0800. The van der Waals surface area contributed by atoms with Crippen LogP contribution < -0.4 is 0 Å². The highest BCUT2D eigenvalue weighted by atomic mass is 15.4. The summed E-state index contributed by atoms with van der Waals surface area (Å²) in [5.41, 5.74) is 0.426. The monoisotopic (exact) mass is 196 g/mol. The lowest BCUT2D eigenvalue weighted by molar-refractivity contribution is 0.0503. The van der Waals surface area contributed by atoms with Gasteiger partial charge in [-0.05, 0) is 33.7 Å². The average molecular weight is 196 g/mol. The van der Waals surface area contributed by atoms with E-state index in [1.54, 1.807) is 0 Å². The summed E-state index contributed by atoms with van der Waals surface area (Å²) in [6.07, 6.45) is 4.04. The lowest BCUT2D eigenvalue weighted by Gasteiger charge is -2.43. The zero-order valence-electron chi connectivity index (χ0n) is 10.1. The molecule has 0 aliphatic carbocycles. The maximum absolute atomic E-state index is 2.75. The molecule has 0 radical (unpaired) electrons. The summed E-state index contributed by atoms with van der Waals surface area (Å²) >= 11 is 0. The maximum atomic E-state index is 2.75. The first-order valence-corrected chi connectivity index (χ1v) is 6.01. The highest BCUT2D eigenvalue weighted by Crippen LogP contribution is 2.36. The summed E-state index contributed by atoms with van der Waals surface area (Å²) < 4.78 is 0. The highest BCUT2D eigenvalue weighted by molar-refractivity contribution is 5.03. The molecule has 2 atom stereocenters. The van der Waals surface area contributed by atoms with Gasteiger partial charge in [0.15, 0.2) is 0 Å². The second-order valence-electron chi connectivity index (χ2n) is 5.70. The quantitative estimate of drug-likeness (QED) is 0.681. The van der Waals surface area contributed by atoms with Gasteiger partial charge in [-0.1, -0.05) is 13.3 Å². The van der Waals surface area contributed by atoms with Crippen LogP contribution in [0.2, 0.25) is 0 Å². The SMILES string of the molecule is CCCC(C)(C)N1CC2C[C@H]1CN2C. The number of hydrogen-bond donors (Lipinski definition) is 0. The van der Waals surface area contributed by atoms with Gasteiger partial charge in [-0.3, -0.25) is 4.90 Å². The molecule has 14 heavy (non-hydrogen) atoms. The van der Waals surface area contributed by atoms with E-state index in [0.717, 1.165) is 12.1 Å². The molecule has 2 rings (SSSR count). The Balaban J connectivity index is 2.01.